The van der Waals surface area contributed by atoms with E-state index in [0.717, 1.165) is 39.8 Å². The number of nitrogens with one attached hydrogen (secondary N) is 2. The molecule has 5 rings (SSSR count). The molecule has 7 nitrogen and oxygen atoms in total. The Morgan fingerprint density at radius 3 is 2.44 bits per heavy atom. The number of anilines is 1. The molecule has 1 saturated heterocycles. The van der Waals surface area contributed by atoms with Crippen LogP contribution >= 0.6 is 11.8 Å². The molecule has 0 unspecified atom stereocenters. The molecule has 8 heteroatoms. The maximum Gasteiger partial charge on any atom is 0.269 e. The summed E-state index contributed by atoms with van der Waals surface area (Å²) in [6.45, 7) is 4.74. The molecular weight excluding hydrogens is 472 g/mol. The minimum Gasteiger partial charge on any atom is -0.357 e. The first-order chi connectivity index (χ1) is 17.4. The summed E-state index contributed by atoms with van der Waals surface area (Å²) >= 11 is 1.47. The maximum absolute atomic E-state index is 12.8. The molecule has 4 aromatic rings. The minimum absolute atomic E-state index is 0.0759. The van der Waals surface area contributed by atoms with Crippen LogP contribution in [0.1, 0.15) is 29.3 Å². The van der Waals surface area contributed by atoms with E-state index in [-0.39, 0.29) is 17.1 Å². The van der Waals surface area contributed by atoms with Gasteiger partial charge >= 0.3 is 0 Å². The average molecular weight is 499 g/mol. The van der Waals surface area contributed by atoms with Gasteiger partial charge in [-0.1, -0.05) is 61.2 Å². The van der Waals surface area contributed by atoms with E-state index in [1.165, 1.54) is 29.5 Å². The molecule has 36 heavy (non-hydrogen) atoms. The number of amides is 1. The number of benzene rings is 3. The number of nitrogens with zero attached hydrogens (tertiary/aromatic N) is 2. The summed E-state index contributed by atoms with van der Waals surface area (Å²) in [6.07, 6.45) is 2.95. The minimum atomic E-state index is -0.392. The third kappa shape index (κ3) is 4.72. The van der Waals surface area contributed by atoms with E-state index in [9.17, 15) is 14.9 Å². The lowest BCUT2D eigenvalue weighted by atomic mass is 10.1. The van der Waals surface area contributed by atoms with E-state index < -0.39 is 4.92 Å². The van der Waals surface area contributed by atoms with Crippen LogP contribution in [-0.2, 0) is 17.8 Å². The lowest BCUT2D eigenvalue weighted by molar-refractivity contribution is -0.384. The fourth-order valence-electron chi connectivity index (χ4n) is 4.43. The molecule has 182 valence electrons. The van der Waals surface area contributed by atoms with Crippen molar-refractivity contribution in [1.29, 1.82) is 0 Å². The Kier molecular flexibility index (Phi) is 6.52. The standard InChI is InChI=1S/C28H26N4O3S/c1-3-19-8-12-21(13-9-19)29-28-30-27(33)26(36-28)16-24-18(2)31(25-7-5-4-6-23(24)25)17-20-10-14-22(15-11-20)32(34)35/h4-16,28-29H,3,17H2,1-2H3,(H,30,33)/b26-16-/t28-/m0/s1. The van der Waals surface area contributed by atoms with Gasteiger partial charge in [-0.3, -0.25) is 14.9 Å². The quantitative estimate of drug-likeness (QED) is 0.183. The summed E-state index contributed by atoms with van der Waals surface area (Å²) in [7, 11) is 0. The zero-order valence-corrected chi connectivity index (χ0v) is 20.8. The Hall–Kier alpha value is -4.04. The smallest absolute Gasteiger partial charge is 0.269 e. The number of carbonyl (C=O) groups is 1. The van der Waals surface area contributed by atoms with Crippen LogP contribution in [0, 0.1) is 17.0 Å². The third-order valence-electron chi connectivity index (χ3n) is 6.43. The molecule has 2 heterocycles. The van der Waals surface area contributed by atoms with E-state index in [2.05, 4.69) is 46.4 Å². The molecule has 0 spiro atoms. The summed E-state index contributed by atoms with van der Waals surface area (Å²) in [5, 5.41) is 18.5. The number of fused-ring (bicyclic) bond motifs is 1. The monoisotopic (exact) mass is 498 g/mol. The number of thioether (sulfide) groups is 1. The topological polar surface area (TPSA) is 89.2 Å². The van der Waals surface area contributed by atoms with Crippen LogP contribution in [0.25, 0.3) is 17.0 Å². The number of aryl methyl sites for hydroxylation is 1. The van der Waals surface area contributed by atoms with Gasteiger partial charge in [0.2, 0.25) is 0 Å². The van der Waals surface area contributed by atoms with E-state index in [1.54, 1.807) is 12.1 Å². The number of aromatic nitrogens is 1. The molecule has 1 fully saturated rings. The van der Waals surface area contributed by atoms with Gasteiger partial charge in [0, 0.05) is 46.5 Å². The SMILES string of the molecule is CCc1ccc(N[C@H]2NC(=O)/C(=C/c3c(C)n(Cc4ccc([N+](=O)[O-])cc4)c4ccccc34)S2)cc1. The van der Waals surface area contributed by atoms with Gasteiger partial charge < -0.3 is 15.2 Å². The van der Waals surface area contributed by atoms with Crippen molar-refractivity contribution in [1.82, 2.24) is 9.88 Å². The number of nitro benzene ring substituents is 1. The van der Waals surface area contributed by atoms with Crippen molar-refractivity contribution < 1.29 is 9.72 Å². The first-order valence-electron chi connectivity index (χ1n) is 11.8. The molecule has 0 aliphatic carbocycles. The van der Waals surface area contributed by atoms with E-state index >= 15 is 0 Å². The van der Waals surface area contributed by atoms with E-state index in [0.29, 0.717) is 11.4 Å². The van der Waals surface area contributed by atoms with Crippen molar-refractivity contribution in [3.63, 3.8) is 0 Å². The molecule has 0 radical (unpaired) electrons. The Bertz CT molecular complexity index is 1470. The van der Waals surface area contributed by atoms with Gasteiger partial charge in [0.1, 0.15) is 0 Å². The van der Waals surface area contributed by atoms with Crippen molar-refractivity contribution in [3.05, 3.63) is 110 Å². The zero-order valence-electron chi connectivity index (χ0n) is 20.0. The van der Waals surface area contributed by atoms with Crippen molar-refractivity contribution in [2.24, 2.45) is 0 Å². The highest BCUT2D eigenvalue weighted by atomic mass is 32.2. The van der Waals surface area contributed by atoms with Crippen molar-refractivity contribution in [2.75, 3.05) is 5.32 Å². The third-order valence-corrected chi connectivity index (χ3v) is 7.46. The summed E-state index contributed by atoms with van der Waals surface area (Å²) in [5.41, 5.74) is 6.10. The molecule has 1 amide bonds. The number of para-hydroxylation sites is 1. The molecule has 1 atom stereocenters. The molecule has 3 aromatic carbocycles. The first kappa shape index (κ1) is 23.7. The Morgan fingerprint density at radius 2 is 1.75 bits per heavy atom. The van der Waals surface area contributed by atoms with Gasteiger partial charge in [0.25, 0.3) is 11.6 Å². The summed E-state index contributed by atoms with van der Waals surface area (Å²) in [4.78, 5) is 24.1. The largest absolute Gasteiger partial charge is 0.357 e. The fraction of sp³-hybridized carbons (Fsp3) is 0.179. The molecule has 1 aliphatic heterocycles. The lowest BCUT2D eigenvalue weighted by Gasteiger charge is -2.12. The molecule has 0 bridgehead atoms. The highest BCUT2D eigenvalue weighted by molar-refractivity contribution is 8.05. The van der Waals surface area contributed by atoms with Crippen LogP contribution in [0.3, 0.4) is 0 Å². The Morgan fingerprint density at radius 1 is 1.06 bits per heavy atom. The Labute approximate surface area is 213 Å². The van der Waals surface area contributed by atoms with Gasteiger partial charge in [-0.25, -0.2) is 0 Å². The van der Waals surface area contributed by atoms with E-state index in [4.69, 9.17) is 0 Å². The zero-order chi connectivity index (χ0) is 25.2. The molecule has 1 aromatic heterocycles. The maximum atomic E-state index is 12.8. The van der Waals surface area contributed by atoms with Gasteiger partial charge in [0.15, 0.2) is 5.50 Å². The van der Waals surface area contributed by atoms with Crippen molar-refractivity contribution in [2.45, 2.75) is 32.3 Å². The molecule has 0 saturated carbocycles. The number of non-ortho nitro benzene ring substituents is 1. The first-order valence-corrected chi connectivity index (χ1v) is 12.7. The number of hydrogen-bond donors (Lipinski definition) is 2. The van der Waals surface area contributed by atoms with Crippen LogP contribution in [0.4, 0.5) is 11.4 Å². The average Bonchev–Trinajstić information content (AvgIpc) is 3.36. The van der Waals surface area contributed by atoms with Gasteiger partial charge in [-0.15, -0.1) is 0 Å². The second-order valence-electron chi connectivity index (χ2n) is 8.70. The normalized spacial score (nSPS) is 16.4. The molecule has 1 aliphatic rings. The number of hydrogen-bond acceptors (Lipinski definition) is 5. The lowest BCUT2D eigenvalue weighted by Crippen LogP contribution is -2.30. The highest BCUT2D eigenvalue weighted by Gasteiger charge is 2.28. The summed E-state index contributed by atoms with van der Waals surface area (Å²) in [5.74, 6) is -0.103. The van der Waals surface area contributed by atoms with Gasteiger partial charge in [-0.2, -0.15) is 0 Å². The summed E-state index contributed by atoms with van der Waals surface area (Å²) in [6, 6.07) is 23.0. The number of rotatable bonds is 7. The van der Waals surface area contributed by atoms with Crippen LogP contribution < -0.4 is 10.6 Å². The van der Waals surface area contributed by atoms with Crippen LogP contribution in [-0.4, -0.2) is 20.9 Å². The van der Waals surface area contributed by atoms with Crippen LogP contribution in [0.5, 0.6) is 0 Å². The number of carbonyl (C=O) groups excluding carboxylic acids is 1. The predicted octanol–water partition coefficient (Wildman–Crippen LogP) is 6.07. The predicted molar refractivity (Wildman–Crippen MR) is 146 cm³/mol. The van der Waals surface area contributed by atoms with Crippen LogP contribution in [0.2, 0.25) is 0 Å². The van der Waals surface area contributed by atoms with Crippen molar-refractivity contribution in [3.8, 4) is 0 Å². The number of nitro groups is 1. The highest BCUT2D eigenvalue weighted by Crippen LogP contribution is 2.34. The van der Waals surface area contributed by atoms with Gasteiger partial charge in [-0.05, 0) is 48.7 Å². The molecular formula is C28H26N4O3S. The fourth-order valence-corrected chi connectivity index (χ4v) is 5.40. The van der Waals surface area contributed by atoms with E-state index in [1.807, 2.05) is 37.3 Å². The Balaban J connectivity index is 1.42. The van der Waals surface area contributed by atoms with Crippen LogP contribution in [0.15, 0.2) is 77.7 Å². The second kappa shape index (κ2) is 9.91. The molecule has 2 N–H and O–H groups in total. The van der Waals surface area contributed by atoms with Crippen molar-refractivity contribution >= 4 is 46.0 Å². The van der Waals surface area contributed by atoms with Gasteiger partial charge in [0.05, 0.1) is 9.83 Å². The second-order valence-corrected chi connectivity index (χ2v) is 9.85. The summed E-state index contributed by atoms with van der Waals surface area (Å²) < 4.78 is 2.19.